The Morgan fingerprint density at radius 1 is 1.17 bits per heavy atom. The Hall–Kier alpha value is -2.44. The average molecular weight is 418 g/mol. The van der Waals surface area contributed by atoms with Crippen molar-refractivity contribution in [2.45, 2.75) is 19.9 Å². The van der Waals surface area contributed by atoms with Gasteiger partial charge in [-0.15, -0.1) is 0 Å². The Morgan fingerprint density at radius 2 is 1.93 bits per heavy atom. The van der Waals surface area contributed by atoms with E-state index in [-0.39, 0.29) is 29.8 Å². The third-order valence-electron chi connectivity index (χ3n) is 4.97. The first-order valence-electron chi connectivity index (χ1n) is 9.72. The van der Waals surface area contributed by atoms with Crippen LogP contribution in [0.1, 0.15) is 27.9 Å². The molecule has 5 nitrogen and oxygen atoms in total. The number of carbonyl (C=O) groups is 2. The van der Waals surface area contributed by atoms with Crippen molar-refractivity contribution in [2.24, 2.45) is 0 Å². The number of amides is 2. The molecular weight excluding hydrogens is 393 g/mol. The van der Waals surface area contributed by atoms with Gasteiger partial charge >= 0.3 is 0 Å². The van der Waals surface area contributed by atoms with Crippen molar-refractivity contribution in [3.8, 4) is 0 Å². The zero-order valence-electron chi connectivity index (χ0n) is 16.5. The average Bonchev–Trinajstić information content (AvgIpc) is 2.73. The Kier molecular flexibility index (Phi) is 7.23. The number of aryl methyl sites for hydroxylation is 1. The van der Waals surface area contributed by atoms with Gasteiger partial charge < -0.3 is 15.1 Å². The first kappa shape index (κ1) is 21.3. The zero-order valence-corrected chi connectivity index (χ0v) is 17.2. The maximum Gasteiger partial charge on any atom is 0.254 e. The minimum Gasteiger partial charge on any atom is -0.340 e. The van der Waals surface area contributed by atoms with Gasteiger partial charge in [0.15, 0.2) is 0 Å². The molecular formula is C22H25ClFN3O2. The molecule has 0 saturated carbocycles. The lowest BCUT2D eigenvalue weighted by Gasteiger charge is -2.29. The molecule has 0 unspecified atom stereocenters. The van der Waals surface area contributed by atoms with Crippen LogP contribution in [0.4, 0.5) is 4.39 Å². The molecule has 1 N–H and O–H groups in total. The zero-order chi connectivity index (χ0) is 20.8. The van der Waals surface area contributed by atoms with Crippen molar-refractivity contribution in [1.29, 1.82) is 0 Å². The minimum absolute atomic E-state index is 0.0330. The van der Waals surface area contributed by atoms with E-state index in [9.17, 15) is 14.0 Å². The molecule has 1 aliphatic heterocycles. The number of rotatable bonds is 6. The van der Waals surface area contributed by atoms with E-state index in [1.165, 1.54) is 18.2 Å². The van der Waals surface area contributed by atoms with Gasteiger partial charge in [-0.25, -0.2) is 4.39 Å². The number of benzene rings is 2. The second-order valence-corrected chi connectivity index (χ2v) is 7.63. The van der Waals surface area contributed by atoms with E-state index in [1.807, 2.05) is 36.1 Å². The molecule has 154 valence electrons. The number of hydrogen-bond acceptors (Lipinski definition) is 3. The monoisotopic (exact) mass is 417 g/mol. The number of carbonyl (C=O) groups excluding carboxylic acids is 2. The summed E-state index contributed by atoms with van der Waals surface area (Å²) in [5.74, 6) is -0.811. The van der Waals surface area contributed by atoms with E-state index in [0.717, 1.165) is 24.2 Å². The first-order chi connectivity index (χ1) is 13.9. The maximum absolute atomic E-state index is 13.5. The molecule has 0 atom stereocenters. The molecule has 0 bridgehead atoms. The number of hydrogen-bond donors (Lipinski definition) is 1. The third kappa shape index (κ3) is 5.78. The second kappa shape index (κ2) is 9.85. The van der Waals surface area contributed by atoms with Crippen molar-refractivity contribution in [3.63, 3.8) is 0 Å². The molecule has 1 aliphatic rings. The molecule has 1 fully saturated rings. The number of nitrogens with zero attached hydrogens (tertiary/aromatic N) is 2. The Balaban J connectivity index is 1.75. The van der Waals surface area contributed by atoms with Crippen LogP contribution in [-0.4, -0.2) is 54.3 Å². The standard InChI is InChI=1S/C22H25ClFN3O2/c1-16-3-2-4-17(13-16)15-27(10-7-21(28)26-11-8-25-9-12-26)22(29)18-5-6-20(24)19(23)14-18/h2-6,13-14,25H,7-12,15H2,1H3. The molecule has 29 heavy (non-hydrogen) atoms. The van der Waals surface area contributed by atoms with E-state index in [2.05, 4.69) is 5.32 Å². The fourth-order valence-electron chi connectivity index (χ4n) is 3.40. The van der Waals surface area contributed by atoms with Gasteiger partial charge in [-0.2, -0.15) is 0 Å². The fraction of sp³-hybridized carbons (Fsp3) is 0.364. The highest BCUT2D eigenvalue weighted by atomic mass is 35.5. The summed E-state index contributed by atoms with van der Waals surface area (Å²) in [6, 6.07) is 11.8. The molecule has 3 rings (SSSR count). The summed E-state index contributed by atoms with van der Waals surface area (Å²) in [7, 11) is 0. The highest BCUT2D eigenvalue weighted by Crippen LogP contribution is 2.19. The highest BCUT2D eigenvalue weighted by molar-refractivity contribution is 6.31. The number of piperazine rings is 1. The summed E-state index contributed by atoms with van der Waals surface area (Å²) < 4.78 is 13.5. The van der Waals surface area contributed by atoms with Gasteiger partial charge in [0.25, 0.3) is 5.91 Å². The van der Waals surface area contributed by atoms with Crippen LogP contribution in [-0.2, 0) is 11.3 Å². The molecule has 0 spiro atoms. The van der Waals surface area contributed by atoms with Gasteiger partial charge in [-0.05, 0) is 30.7 Å². The van der Waals surface area contributed by atoms with Gasteiger partial charge in [-0.1, -0.05) is 41.4 Å². The lowest BCUT2D eigenvalue weighted by molar-refractivity contribution is -0.132. The van der Waals surface area contributed by atoms with Crippen LogP contribution in [0.5, 0.6) is 0 Å². The van der Waals surface area contributed by atoms with Crippen molar-refractivity contribution < 1.29 is 14.0 Å². The van der Waals surface area contributed by atoms with E-state index in [4.69, 9.17) is 11.6 Å². The molecule has 0 radical (unpaired) electrons. The Bertz CT molecular complexity index is 884. The summed E-state index contributed by atoms with van der Waals surface area (Å²) in [5.41, 5.74) is 2.37. The van der Waals surface area contributed by atoms with E-state index in [0.29, 0.717) is 25.2 Å². The van der Waals surface area contributed by atoms with Crippen LogP contribution in [0.2, 0.25) is 5.02 Å². The van der Waals surface area contributed by atoms with Gasteiger partial charge in [-0.3, -0.25) is 9.59 Å². The maximum atomic E-state index is 13.5. The summed E-state index contributed by atoms with van der Waals surface area (Å²) in [6.07, 6.45) is 0.243. The Morgan fingerprint density at radius 3 is 2.62 bits per heavy atom. The fourth-order valence-corrected chi connectivity index (χ4v) is 3.58. The molecule has 1 heterocycles. The molecule has 1 saturated heterocycles. The predicted molar refractivity (Wildman–Crippen MR) is 111 cm³/mol. The SMILES string of the molecule is Cc1cccc(CN(CCC(=O)N2CCNCC2)C(=O)c2ccc(F)c(Cl)c2)c1. The first-order valence-corrected chi connectivity index (χ1v) is 10.1. The van der Waals surface area contributed by atoms with Crippen LogP contribution in [0.25, 0.3) is 0 Å². The predicted octanol–water partition coefficient (Wildman–Crippen LogP) is 3.25. The molecule has 0 aromatic heterocycles. The van der Waals surface area contributed by atoms with Gasteiger partial charge in [0.2, 0.25) is 5.91 Å². The Labute approximate surface area is 175 Å². The lowest BCUT2D eigenvalue weighted by Crippen LogP contribution is -2.47. The van der Waals surface area contributed by atoms with Crippen molar-refractivity contribution in [1.82, 2.24) is 15.1 Å². The van der Waals surface area contributed by atoms with E-state index >= 15 is 0 Å². The number of halogens is 2. The van der Waals surface area contributed by atoms with Crippen LogP contribution in [0.15, 0.2) is 42.5 Å². The van der Waals surface area contributed by atoms with Crippen molar-refractivity contribution in [2.75, 3.05) is 32.7 Å². The molecule has 2 aromatic carbocycles. The van der Waals surface area contributed by atoms with Gasteiger partial charge in [0, 0.05) is 51.3 Å². The van der Waals surface area contributed by atoms with Crippen LogP contribution < -0.4 is 5.32 Å². The van der Waals surface area contributed by atoms with Crippen LogP contribution in [0, 0.1) is 12.7 Å². The smallest absolute Gasteiger partial charge is 0.254 e. The minimum atomic E-state index is -0.567. The molecule has 2 amide bonds. The van der Waals surface area contributed by atoms with Gasteiger partial charge in [0.1, 0.15) is 5.82 Å². The summed E-state index contributed by atoms with van der Waals surface area (Å²) in [4.78, 5) is 29.1. The molecule has 0 aliphatic carbocycles. The molecule has 7 heteroatoms. The topological polar surface area (TPSA) is 52.7 Å². The normalized spacial score (nSPS) is 14.0. The summed E-state index contributed by atoms with van der Waals surface area (Å²) in [5, 5.41) is 3.13. The van der Waals surface area contributed by atoms with Crippen LogP contribution in [0.3, 0.4) is 0 Å². The van der Waals surface area contributed by atoms with Crippen molar-refractivity contribution >= 4 is 23.4 Å². The highest BCUT2D eigenvalue weighted by Gasteiger charge is 2.21. The van der Waals surface area contributed by atoms with Crippen molar-refractivity contribution in [3.05, 3.63) is 70.0 Å². The van der Waals surface area contributed by atoms with E-state index in [1.54, 1.807) is 4.90 Å². The summed E-state index contributed by atoms with van der Waals surface area (Å²) in [6.45, 7) is 5.56. The third-order valence-corrected chi connectivity index (χ3v) is 5.26. The largest absolute Gasteiger partial charge is 0.340 e. The number of nitrogens with one attached hydrogen (secondary N) is 1. The quantitative estimate of drug-likeness (QED) is 0.785. The summed E-state index contributed by atoms with van der Waals surface area (Å²) >= 11 is 5.86. The van der Waals surface area contributed by atoms with E-state index < -0.39 is 5.82 Å². The second-order valence-electron chi connectivity index (χ2n) is 7.23. The molecule has 2 aromatic rings. The van der Waals surface area contributed by atoms with Gasteiger partial charge in [0.05, 0.1) is 5.02 Å². The van der Waals surface area contributed by atoms with Crippen LogP contribution >= 0.6 is 11.6 Å². The lowest BCUT2D eigenvalue weighted by atomic mass is 10.1.